The van der Waals surface area contributed by atoms with Gasteiger partial charge in [-0.15, -0.1) is 0 Å². The van der Waals surface area contributed by atoms with Gasteiger partial charge in [0.25, 0.3) is 0 Å². The Morgan fingerprint density at radius 3 is 2.00 bits per heavy atom. The van der Waals surface area contributed by atoms with E-state index in [9.17, 15) is 29.1 Å². The minimum absolute atomic E-state index is 0.587. The summed E-state index contributed by atoms with van der Waals surface area (Å²) in [5.74, 6) is -5.20. The van der Waals surface area contributed by atoms with E-state index in [0.29, 0.717) is 0 Å². The summed E-state index contributed by atoms with van der Waals surface area (Å²) in [4.78, 5) is 56.2. The highest BCUT2D eigenvalue weighted by molar-refractivity contribution is 5.93. The summed E-state index contributed by atoms with van der Waals surface area (Å²) >= 11 is 0. The number of hydrogen-bond acceptors (Lipinski definition) is 7. The average Bonchev–Trinajstić information content (AvgIpc) is 2.48. The number of carbonyl (C=O) groups is 5. The van der Waals surface area contributed by atoms with Gasteiger partial charge < -0.3 is 37.0 Å². The van der Waals surface area contributed by atoms with Crippen LogP contribution in [0.5, 0.6) is 0 Å². The molecule has 0 bridgehead atoms. The number of aliphatic hydroxyl groups excluding tert-OH is 1. The first-order chi connectivity index (χ1) is 11.5. The summed E-state index contributed by atoms with van der Waals surface area (Å²) in [6.45, 7) is 1.88. The van der Waals surface area contributed by atoms with E-state index in [1.54, 1.807) is 0 Å². The SMILES string of the molecule is CC(NC(=O)C(N)CC(=O)O)C(=O)NCC(=O)NC(C(=O)O)C(C)O. The molecule has 0 aromatic rings. The van der Waals surface area contributed by atoms with Crippen molar-refractivity contribution in [2.45, 2.75) is 44.5 Å². The molecule has 0 aromatic carbocycles. The van der Waals surface area contributed by atoms with Gasteiger partial charge in [0.2, 0.25) is 17.7 Å². The van der Waals surface area contributed by atoms with Crippen molar-refractivity contribution in [3.63, 3.8) is 0 Å². The van der Waals surface area contributed by atoms with Gasteiger partial charge in [-0.25, -0.2) is 4.79 Å². The van der Waals surface area contributed by atoms with Gasteiger partial charge in [-0.05, 0) is 13.8 Å². The van der Waals surface area contributed by atoms with Crippen LogP contribution < -0.4 is 21.7 Å². The number of carboxylic acid groups (broad SMARTS) is 2. The van der Waals surface area contributed by atoms with Gasteiger partial charge in [0.15, 0.2) is 6.04 Å². The van der Waals surface area contributed by atoms with Gasteiger partial charge in [-0.2, -0.15) is 0 Å². The summed E-state index contributed by atoms with van der Waals surface area (Å²) in [5, 5.41) is 32.9. The predicted molar refractivity (Wildman–Crippen MR) is 82.1 cm³/mol. The summed E-state index contributed by atoms with van der Waals surface area (Å²) in [6.07, 6.45) is -1.95. The Labute approximate surface area is 142 Å². The van der Waals surface area contributed by atoms with Crippen LogP contribution in [0, 0.1) is 0 Å². The van der Waals surface area contributed by atoms with Crippen molar-refractivity contribution in [3.8, 4) is 0 Å². The molecule has 4 atom stereocenters. The molecular formula is C13H22N4O8. The Morgan fingerprint density at radius 1 is 1.00 bits per heavy atom. The van der Waals surface area contributed by atoms with E-state index in [-0.39, 0.29) is 0 Å². The average molecular weight is 362 g/mol. The van der Waals surface area contributed by atoms with E-state index in [0.717, 1.165) is 0 Å². The third kappa shape index (κ3) is 8.62. The Morgan fingerprint density at radius 2 is 1.56 bits per heavy atom. The van der Waals surface area contributed by atoms with Crippen LogP contribution in [0.3, 0.4) is 0 Å². The lowest BCUT2D eigenvalue weighted by atomic mass is 10.2. The monoisotopic (exact) mass is 362 g/mol. The van der Waals surface area contributed by atoms with Crippen molar-refractivity contribution >= 4 is 29.7 Å². The zero-order chi connectivity index (χ0) is 19.7. The largest absolute Gasteiger partial charge is 0.481 e. The molecule has 12 heteroatoms. The zero-order valence-corrected chi connectivity index (χ0v) is 13.7. The third-order valence-electron chi connectivity index (χ3n) is 2.97. The molecular weight excluding hydrogens is 340 g/mol. The highest BCUT2D eigenvalue weighted by atomic mass is 16.4. The molecule has 0 heterocycles. The first kappa shape index (κ1) is 22.3. The van der Waals surface area contributed by atoms with Gasteiger partial charge in [0.1, 0.15) is 6.04 Å². The van der Waals surface area contributed by atoms with Gasteiger partial charge in [0, 0.05) is 0 Å². The molecule has 4 unspecified atom stereocenters. The molecule has 0 spiro atoms. The lowest BCUT2D eigenvalue weighted by molar-refractivity contribution is -0.144. The van der Waals surface area contributed by atoms with E-state index < -0.39 is 66.9 Å². The van der Waals surface area contributed by atoms with Crippen LogP contribution in [0.4, 0.5) is 0 Å². The molecule has 0 rings (SSSR count). The Bertz CT molecular complexity index is 536. The lowest BCUT2D eigenvalue weighted by Gasteiger charge is -2.18. The molecule has 0 aliphatic rings. The second kappa shape index (κ2) is 10.2. The van der Waals surface area contributed by atoms with Crippen LogP contribution in [-0.4, -0.2) is 75.8 Å². The van der Waals surface area contributed by atoms with Crippen LogP contribution in [0.15, 0.2) is 0 Å². The van der Waals surface area contributed by atoms with Crippen molar-refractivity contribution in [2.24, 2.45) is 5.73 Å². The molecule has 25 heavy (non-hydrogen) atoms. The van der Waals surface area contributed by atoms with Gasteiger partial charge in [0.05, 0.1) is 25.1 Å². The van der Waals surface area contributed by atoms with Crippen LogP contribution in [0.2, 0.25) is 0 Å². The number of nitrogens with two attached hydrogens (primary N) is 1. The highest BCUT2D eigenvalue weighted by Crippen LogP contribution is 1.93. The second-order valence-corrected chi connectivity index (χ2v) is 5.28. The Balaban J connectivity index is 4.40. The summed E-state index contributed by atoms with van der Waals surface area (Å²) < 4.78 is 0. The fraction of sp³-hybridized carbons (Fsp3) is 0.615. The minimum atomic E-state index is -1.53. The Hall–Kier alpha value is -2.73. The minimum Gasteiger partial charge on any atom is -0.481 e. The maximum Gasteiger partial charge on any atom is 0.328 e. The molecule has 0 aromatic heterocycles. The maximum atomic E-state index is 11.8. The molecule has 0 aliphatic carbocycles. The van der Waals surface area contributed by atoms with Crippen molar-refractivity contribution in [3.05, 3.63) is 0 Å². The van der Waals surface area contributed by atoms with Gasteiger partial charge >= 0.3 is 11.9 Å². The number of carboxylic acids is 2. The van der Waals surface area contributed by atoms with Gasteiger partial charge in [-0.1, -0.05) is 0 Å². The standard InChI is InChI=1S/C13H22N4O8/c1-5(16-12(23)7(14)3-9(20)21)11(22)15-4-8(19)17-10(6(2)18)13(24)25/h5-7,10,18H,3-4,14H2,1-2H3,(H,15,22)(H,16,23)(H,17,19)(H,20,21)(H,24,25). The molecule has 3 amide bonds. The molecule has 8 N–H and O–H groups in total. The van der Waals surface area contributed by atoms with Crippen molar-refractivity contribution in [1.29, 1.82) is 0 Å². The van der Waals surface area contributed by atoms with E-state index in [2.05, 4.69) is 10.6 Å². The van der Waals surface area contributed by atoms with Crippen molar-refractivity contribution < 1.29 is 39.3 Å². The van der Waals surface area contributed by atoms with Gasteiger partial charge in [-0.3, -0.25) is 19.2 Å². The van der Waals surface area contributed by atoms with Crippen LogP contribution in [-0.2, 0) is 24.0 Å². The fourth-order valence-electron chi connectivity index (χ4n) is 1.60. The zero-order valence-electron chi connectivity index (χ0n) is 13.7. The smallest absolute Gasteiger partial charge is 0.328 e. The predicted octanol–water partition coefficient (Wildman–Crippen LogP) is -3.64. The summed E-state index contributed by atoms with van der Waals surface area (Å²) in [6, 6.07) is -3.97. The molecule has 12 nitrogen and oxygen atoms in total. The first-order valence-corrected chi connectivity index (χ1v) is 7.21. The number of rotatable bonds is 10. The molecule has 0 saturated carbocycles. The molecule has 142 valence electrons. The summed E-state index contributed by atoms with van der Waals surface area (Å²) in [7, 11) is 0. The van der Waals surface area contributed by atoms with E-state index >= 15 is 0 Å². The van der Waals surface area contributed by atoms with Crippen LogP contribution >= 0.6 is 0 Å². The van der Waals surface area contributed by atoms with E-state index in [1.165, 1.54) is 13.8 Å². The second-order valence-electron chi connectivity index (χ2n) is 5.28. The quantitative estimate of drug-likeness (QED) is 0.204. The summed E-state index contributed by atoms with van der Waals surface area (Å²) in [5.41, 5.74) is 5.33. The number of carbonyl (C=O) groups excluding carboxylic acids is 3. The normalized spacial score (nSPS) is 15.2. The van der Waals surface area contributed by atoms with E-state index in [4.69, 9.17) is 15.9 Å². The highest BCUT2D eigenvalue weighted by Gasteiger charge is 2.26. The molecule has 0 saturated heterocycles. The van der Waals surface area contributed by atoms with Crippen molar-refractivity contribution in [2.75, 3.05) is 6.54 Å². The molecule has 0 aliphatic heterocycles. The number of aliphatic hydroxyl groups is 1. The number of hydrogen-bond donors (Lipinski definition) is 7. The fourth-order valence-corrected chi connectivity index (χ4v) is 1.60. The number of nitrogens with one attached hydrogen (secondary N) is 3. The molecule has 0 radical (unpaired) electrons. The third-order valence-corrected chi connectivity index (χ3v) is 2.97. The first-order valence-electron chi connectivity index (χ1n) is 7.21. The van der Waals surface area contributed by atoms with Crippen molar-refractivity contribution in [1.82, 2.24) is 16.0 Å². The Kier molecular flexibility index (Phi) is 9.09. The molecule has 0 fully saturated rings. The lowest BCUT2D eigenvalue weighted by Crippen LogP contribution is -2.53. The van der Waals surface area contributed by atoms with Crippen LogP contribution in [0.25, 0.3) is 0 Å². The van der Waals surface area contributed by atoms with Crippen LogP contribution in [0.1, 0.15) is 20.3 Å². The van der Waals surface area contributed by atoms with E-state index in [1.807, 2.05) is 5.32 Å². The number of amides is 3. The maximum absolute atomic E-state index is 11.8. The topological polar surface area (TPSA) is 208 Å². The number of aliphatic carboxylic acids is 2.